The molecule has 0 amide bonds. The molecule has 2 aliphatic rings. The van der Waals surface area contributed by atoms with E-state index in [0.717, 1.165) is 10.8 Å². The molecule has 2 fully saturated rings. The summed E-state index contributed by atoms with van der Waals surface area (Å²) in [5.41, 5.74) is 0.659. The predicted molar refractivity (Wildman–Crippen MR) is 125 cm³/mol. The zero-order valence-electron chi connectivity index (χ0n) is 18.0. The number of hydrogen-bond acceptors (Lipinski definition) is 8. The van der Waals surface area contributed by atoms with Gasteiger partial charge in [-0.05, 0) is 41.1 Å². The van der Waals surface area contributed by atoms with Gasteiger partial charge in [0.05, 0.1) is 36.5 Å². The Kier molecular flexibility index (Phi) is 5.30. The molecule has 0 unspecified atom stereocenters. The Morgan fingerprint density at radius 1 is 0.882 bits per heavy atom. The molecule has 34 heavy (non-hydrogen) atoms. The number of furan rings is 1. The fraction of sp³-hybridized carbons (Fsp3) is 0.250. The van der Waals surface area contributed by atoms with Crippen molar-refractivity contribution in [1.29, 1.82) is 0 Å². The summed E-state index contributed by atoms with van der Waals surface area (Å²) in [6.07, 6.45) is 2.49. The van der Waals surface area contributed by atoms with Crippen LogP contribution < -0.4 is 10.0 Å². The average Bonchev–Trinajstić information content (AvgIpc) is 3.60. The van der Waals surface area contributed by atoms with Crippen LogP contribution in [0.1, 0.15) is 0 Å². The third-order valence-electron chi connectivity index (χ3n) is 6.13. The summed E-state index contributed by atoms with van der Waals surface area (Å²) in [7, 11) is -3.75. The van der Waals surface area contributed by atoms with Crippen molar-refractivity contribution in [2.75, 3.05) is 18.5 Å². The lowest BCUT2D eigenvalue weighted by Crippen LogP contribution is -2.44. The van der Waals surface area contributed by atoms with Gasteiger partial charge in [0.1, 0.15) is 17.9 Å². The third kappa shape index (κ3) is 3.94. The topological polar surface area (TPSA) is 116 Å². The fourth-order valence-electron chi connectivity index (χ4n) is 4.48. The van der Waals surface area contributed by atoms with E-state index >= 15 is 0 Å². The highest BCUT2D eigenvalue weighted by atomic mass is 32.2. The molecule has 4 atom stereocenters. The molecule has 174 valence electrons. The highest BCUT2D eigenvalue weighted by Gasteiger charge is 2.49. The van der Waals surface area contributed by atoms with E-state index < -0.39 is 22.2 Å². The van der Waals surface area contributed by atoms with Gasteiger partial charge in [-0.2, -0.15) is 0 Å². The minimum atomic E-state index is -3.75. The molecule has 9 nitrogen and oxygen atoms in total. The van der Waals surface area contributed by atoms with Crippen molar-refractivity contribution in [3.8, 4) is 11.5 Å². The molecule has 2 aliphatic heterocycles. The van der Waals surface area contributed by atoms with Crippen molar-refractivity contribution in [1.82, 2.24) is 14.7 Å². The van der Waals surface area contributed by atoms with Gasteiger partial charge in [0.15, 0.2) is 5.76 Å². The number of hydrogen-bond donors (Lipinski definition) is 2. The van der Waals surface area contributed by atoms with Crippen LogP contribution in [-0.2, 0) is 19.5 Å². The highest BCUT2D eigenvalue weighted by molar-refractivity contribution is 7.89. The molecule has 0 bridgehead atoms. The molecule has 10 heteroatoms. The maximum absolute atomic E-state index is 13.1. The van der Waals surface area contributed by atoms with Crippen molar-refractivity contribution in [2.24, 2.45) is 0 Å². The number of anilines is 1. The smallest absolute Gasteiger partial charge is 0.241 e. The number of rotatable bonds is 6. The van der Waals surface area contributed by atoms with E-state index in [4.69, 9.17) is 13.9 Å². The number of ether oxygens (including phenoxy) is 2. The minimum absolute atomic E-state index is 0.213. The second-order valence-corrected chi connectivity index (χ2v) is 10.0. The van der Waals surface area contributed by atoms with Gasteiger partial charge in [-0.25, -0.2) is 23.1 Å². The lowest BCUT2D eigenvalue weighted by molar-refractivity contribution is 0.0690. The van der Waals surface area contributed by atoms with Crippen molar-refractivity contribution < 1.29 is 22.3 Å². The van der Waals surface area contributed by atoms with Gasteiger partial charge >= 0.3 is 0 Å². The first-order valence-electron chi connectivity index (χ1n) is 10.9. The molecule has 2 aromatic heterocycles. The van der Waals surface area contributed by atoms with E-state index in [2.05, 4.69) is 20.0 Å². The monoisotopic (exact) mass is 478 g/mol. The number of nitrogens with zero attached hydrogens (tertiary/aromatic N) is 2. The molecular weight excluding hydrogens is 456 g/mol. The van der Waals surface area contributed by atoms with Gasteiger partial charge < -0.3 is 19.2 Å². The van der Waals surface area contributed by atoms with Gasteiger partial charge in [0.2, 0.25) is 16.0 Å². The molecule has 2 N–H and O–H groups in total. The lowest BCUT2D eigenvalue weighted by atomic mass is 10.1. The first-order valence-corrected chi connectivity index (χ1v) is 12.4. The van der Waals surface area contributed by atoms with Crippen LogP contribution in [0.25, 0.3) is 22.2 Å². The second-order valence-electron chi connectivity index (χ2n) is 8.33. The van der Waals surface area contributed by atoms with E-state index in [1.165, 1.54) is 0 Å². The summed E-state index contributed by atoms with van der Waals surface area (Å²) in [5.74, 6) is 1.07. The number of fused-ring (bicyclic) bond motifs is 2. The van der Waals surface area contributed by atoms with E-state index in [-0.39, 0.29) is 23.6 Å². The standard InChI is InChI=1S/C24H22N4O5S/c29-34(30,17-8-7-15-4-1-2-5-16(15)12-17)28-20-14-33-22-19(13-32-23(20)22)27-24-25-10-9-18(26-24)21-6-3-11-31-21/h1-12,19-20,22-23,28H,13-14H2,(H,25,26,27)/t19-,20-,22+,23+/m0/s1. The van der Waals surface area contributed by atoms with Crippen LogP contribution >= 0.6 is 0 Å². The van der Waals surface area contributed by atoms with Gasteiger partial charge in [-0.1, -0.05) is 30.3 Å². The Morgan fingerprint density at radius 2 is 1.68 bits per heavy atom. The van der Waals surface area contributed by atoms with Crippen molar-refractivity contribution in [3.63, 3.8) is 0 Å². The number of sulfonamides is 1. The maximum atomic E-state index is 13.1. The van der Waals surface area contributed by atoms with Gasteiger partial charge in [-0.15, -0.1) is 0 Å². The van der Waals surface area contributed by atoms with Crippen LogP contribution in [-0.4, -0.2) is 55.9 Å². The van der Waals surface area contributed by atoms with Crippen molar-refractivity contribution in [3.05, 3.63) is 73.1 Å². The fourth-order valence-corrected chi connectivity index (χ4v) is 5.75. The first kappa shape index (κ1) is 21.2. The molecule has 2 saturated heterocycles. The van der Waals surface area contributed by atoms with Gasteiger partial charge in [0.25, 0.3) is 0 Å². The molecule has 6 rings (SSSR count). The number of benzene rings is 2. The van der Waals surface area contributed by atoms with E-state index in [1.807, 2.05) is 30.3 Å². The summed E-state index contributed by atoms with van der Waals surface area (Å²) >= 11 is 0. The SMILES string of the molecule is O=S(=O)(N[C@H]1CO[C@H]2[C@@H]1OC[C@@H]2Nc1nccc(-c2ccco2)n1)c1ccc2ccccc2c1. The summed E-state index contributed by atoms with van der Waals surface area (Å²) in [6.45, 7) is 0.561. The Bertz CT molecular complexity index is 1430. The minimum Gasteiger partial charge on any atom is -0.463 e. The van der Waals surface area contributed by atoms with Crippen molar-refractivity contribution >= 4 is 26.7 Å². The molecular formula is C24H22N4O5S. The maximum Gasteiger partial charge on any atom is 0.241 e. The molecule has 0 spiro atoms. The Balaban J connectivity index is 1.15. The number of aromatic nitrogens is 2. The molecule has 0 aliphatic carbocycles. The third-order valence-corrected chi connectivity index (χ3v) is 7.62. The van der Waals surface area contributed by atoms with Gasteiger partial charge in [0, 0.05) is 6.20 Å². The summed E-state index contributed by atoms with van der Waals surface area (Å²) < 4.78 is 46.2. The Hall–Kier alpha value is -3.31. The molecule has 0 radical (unpaired) electrons. The van der Waals surface area contributed by atoms with Crippen LogP contribution in [0.3, 0.4) is 0 Å². The molecule has 4 aromatic rings. The first-order chi connectivity index (χ1) is 16.6. The molecule has 0 saturated carbocycles. The van der Waals surface area contributed by atoms with Crippen LogP contribution in [0.5, 0.6) is 0 Å². The van der Waals surface area contributed by atoms with Crippen LogP contribution in [0, 0.1) is 0 Å². The zero-order chi connectivity index (χ0) is 23.1. The second kappa shape index (κ2) is 8.48. The van der Waals surface area contributed by atoms with Crippen molar-refractivity contribution in [2.45, 2.75) is 29.2 Å². The summed E-state index contributed by atoms with van der Waals surface area (Å²) in [6, 6.07) is 17.4. The highest BCUT2D eigenvalue weighted by Crippen LogP contribution is 2.30. The zero-order valence-corrected chi connectivity index (χ0v) is 18.8. The predicted octanol–water partition coefficient (Wildman–Crippen LogP) is 2.82. The largest absolute Gasteiger partial charge is 0.463 e. The molecule has 4 heterocycles. The normalized spacial score (nSPS) is 24.4. The van der Waals surface area contributed by atoms with Crippen LogP contribution in [0.4, 0.5) is 5.95 Å². The lowest BCUT2D eigenvalue weighted by Gasteiger charge is -2.18. The van der Waals surface area contributed by atoms with E-state index in [1.54, 1.807) is 42.8 Å². The quantitative estimate of drug-likeness (QED) is 0.435. The summed E-state index contributed by atoms with van der Waals surface area (Å²) in [5, 5.41) is 5.11. The van der Waals surface area contributed by atoms with E-state index in [9.17, 15) is 8.42 Å². The average molecular weight is 479 g/mol. The van der Waals surface area contributed by atoms with Gasteiger partial charge in [-0.3, -0.25) is 0 Å². The Morgan fingerprint density at radius 3 is 2.50 bits per heavy atom. The van der Waals surface area contributed by atoms with Crippen LogP contribution in [0.15, 0.2) is 82.4 Å². The summed E-state index contributed by atoms with van der Waals surface area (Å²) in [4.78, 5) is 8.99. The van der Waals surface area contributed by atoms with Crippen LogP contribution in [0.2, 0.25) is 0 Å². The Labute approximate surface area is 196 Å². The van der Waals surface area contributed by atoms with E-state index in [0.29, 0.717) is 24.0 Å². The number of nitrogens with one attached hydrogen (secondary N) is 2. The molecule has 2 aromatic carbocycles.